The molecule has 2 aromatic rings. The van der Waals surface area contributed by atoms with E-state index >= 15 is 0 Å². The fraction of sp³-hybridized carbons (Fsp3) is 0.0769. The minimum absolute atomic E-state index is 0.419. The molecular formula is C13H11Cl2N3S. The molecule has 0 atom stereocenters. The fourth-order valence-corrected chi connectivity index (χ4v) is 2.14. The molecule has 1 aromatic carbocycles. The number of aryl methyl sites for hydroxylation is 1. The van der Waals surface area contributed by atoms with Gasteiger partial charge in [0.05, 0.1) is 10.7 Å². The Morgan fingerprint density at radius 3 is 2.63 bits per heavy atom. The van der Waals surface area contributed by atoms with Crippen molar-refractivity contribution in [2.75, 3.05) is 10.6 Å². The molecule has 0 bridgehead atoms. The SMILES string of the molecule is Cc1cccc(NC(=S)Nc2ccc(Cl)cc2Cl)n1. The maximum absolute atomic E-state index is 6.05. The lowest BCUT2D eigenvalue weighted by Gasteiger charge is -2.11. The van der Waals surface area contributed by atoms with Crippen LogP contribution in [0.5, 0.6) is 0 Å². The van der Waals surface area contributed by atoms with Crippen molar-refractivity contribution in [3.05, 3.63) is 52.1 Å². The lowest BCUT2D eigenvalue weighted by atomic mass is 10.3. The van der Waals surface area contributed by atoms with Gasteiger partial charge in [-0.3, -0.25) is 0 Å². The number of halogens is 2. The molecule has 1 aromatic heterocycles. The van der Waals surface area contributed by atoms with Gasteiger partial charge in [0.15, 0.2) is 5.11 Å². The molecule has 0 amide bonds. The zero-order chi connectivity index (χ0) is 13.8. The van der Waals surface area contributed by atoms with Crippen LogP contribution in [0.1, 0.15) is 5.69 Å². The summed E-state index contributed by atoms with van der Waals surface area (Å²) in [6, 6.07) is 10.8. The number of benzene rings is 1. The standard InChI is InChI=1S/C13H11Cl2N3S/c1-8-3-2-4-12(16-8)18-13(19)17-11-6-5-9(14)7-10(11)15/h2-7H,1H3,(H2,16,17,18,19). The number of aromatic nitrogens is 1. The zero-order valence-electron chi connectivity index (χ0n) is 10.1. The Hall–Kier alpha value is -1.36. The van der Waals surface area contributed by atoms with Crippen LogP contribution in [0, 0.1) is 6.92 Å². The second kappa shape index (κ2) is 6.19. The second-order valence-corrected chi connectivity index (χ2v) is 5.12. The highest BCUT2D eigenvalue weighted by atomic mass is 35.5. The average Bonchev–Trinajstić information content (AvgIpc) is 2.33. The van der Waals surface area contributed by atoms with Gasteiger partial charge in [-0.25, -0.2) is 4.98 Å². The summed E-state index contributed by atoms with van der Waals surface area (Å²) in [5, 5.41) is 7.49. The van der Waals surface area contributed by atoms with Crippen LogP contribution in [0.4, 0.5) is 11.5 Å². The minimum atomic E-state index is 0.419. The van der Waals surface area contributed by atoms with Crippen LogP contribution in [-0.4, -0.2) is 10.1 Å². The number of rotatable bonds is 2. The molecule has 0 spiro atoms. The molecule has 3 nitrogen and oxygen atoms in total. The molecule has 1 heterocycles. The number of nitrogens with one attached hydrogen (secondary N) is 2. The van der Waals surface area contributed by atoms with Gasteiger partial charge in [0.25, 0.3) is 0 Å². The zero-order valence-corrected chi connectivity index (χ0v) is 12.4. The summed E-state index contributed by atoms with van der Waals surface area (Å²) in [5.74, 6) is 0.683. The molecule has 2 N–H and O–H groups in total. The Kier molecular flexibility index (Phi) is 4.58. The van der Waals surface area contributed by atoms with E-state index in [1.807, 2.05) is 25.1 Å². The van der Waals surface area contributed by atoms with E-state index in [1.165, 1.54) is 0 Å². The van der Waals surface area contributed by atoms with E-state index in [4.69, 9.17) is 35.4 Å². The molecule has 19 heavy (non-hydrogen) atoms. The van der Waals surface area contributed by atoms with Gasteiger partial charge in [-0.05, 0) is 49.5 Å². The molecule has 0 saturated carbocycles. The van der Waals surface area contributed by atoms with Gasteiger partial charge >= 0.3 is 0 Å². The van der Waals surface area contributed by atoms with E-state index in [-0.39, 0.29) is 0 Å². The summed E-state index contributed by atoms with van der Waals surface area (Å²) in [6.07, 6.45) is 0. The van der Waals surface area contributed by atoms with Crippen molar-refractivity contribution in [2.45, 2.75) is 6.92 Å². The number of pyridine rings is 1. The smallest absolute Gasteiger partial charge is 0.176 e. The summed E-state index contributed by atoms with van der Waals surface area (Å²) in [4.78, 5) is 4.30. The number of thiocarbonyl (C=S) groups is 1. The van der Waals surface area contributed by atoms with Crippen molar-refractivity contribution in [2.24, 2.45) is 0 Å². The van der Waals surface area contributed by atoms with Gasteiger partial charge in [-0.2, -0.15) is 0 Å². The van der Waals surface area contributed by atoms with Gasteiger partial charge < -0.3 is 10.6 Å². The molecule has 0 radical (unpaired) electrons. The minimum Gasteiger partial charge on any atom is -0.331 e. The molecule has 0 aliphatic rings. The van der Waals surface area contributed by atoms with Crippen LogP contribution in [0.3, 0.4) is 0 Å². The Morgan fingerprint density at radius 1 is 1.16 bits per heavy atom. The number of hydrogen-bond donors (Lipinski definition) is 2. The monoisotopic (exact) mass is 311 g/mol. The first-order chi connectivity index (χ1) is 9.04. The van der Waals surface area contributed by atoms with Crippen molar-refractivity contribution in [1.29, 1.82) is 0 Å². The maximum Gasteiger partial charge on any atom is 0.176 e. The summed E-state index contributed by atoms with van der Waals surface area (Å²) in [6.45, 7) is 1.91. The first-order valence-electron chi connectivity index (χ1n) is 5.51. The lowest BCUT2D eigenvalue weighted by Crippen LogP contribution is -2.20. The Balaban J connectivity index is 2.05. The first kappa shape index (κ1) is 14.1. The van der Waals surface area contributed by atoms with E-state index in [9.17, 15) is 0 Å². The van der Waals surface area contributed by atoms with Crippen LogP contribution in [0.2, 0.25) is 10.0 Å². The third-order valence-electron chi connectivity index (χ3n) is 2.31. The Labute approximate surface area is 127 Å². The van der Waals surface area contributed by atoms with Crippen molar-refractivity contribution in [1.82, 2.24) is 4.98 Å². The normalized spacial score (nSPS) is 10.1. The summed E-state index contributed by atoms with van der Waals surface area (Å²) in [7, 11) is 0. The molecule has 0 unspecified atom stereocenters. The van der Waals surface area contributed by atoms with Crippen molar-refractivity contribution < 1.29 is 0 Å². The lowest BCUT2D eigenvalue weighted by molar-refractivity contribution is 1.21. The van der Waals surface area contributed by atoms with E-state index in [2.05, 4.69) is 15.6 Å². The highest BCUT2D eigenvalue weighted by Crippen LogP contribution is 2.25. The van der Waals surface area contributed by atoms with Crippen LogP contribution in [0.25, 0.3) is 0 Å². The van der Waals surface area contributed by atoms with Crippen molar-refractivity contribution in [3.8, 4) is 0 Å². The summed E-state index contributed by atoms with van der Waals surface area (Å²) >= 11 is 17.1. The molecule has 98 valence electrons. The highest BCUT2D eigenvalue weighted by molar-refractivity contribution is 7.80. The summed E-state index contributed by atoms with van der Waals surface area (Å²) < 4.78 is 0. The van der Waals surface area contributed by atoms with Crippen molar-refractivity contribution >= 4 is 52.0 Å². The number of nitrogens with zero attached hydrogens (tertiary/aromatic N) is 1. The summed E-state index contributed by atoms with van der Waals surface area (Å²) in [5.41, 5.74) is 1.61. The molecule has 0 aliphatic heterocycles. The average molecular weight is 312 g/mol. The largest absolute Gasteiger partial charge is 0.331 e. The van der Waals surface area contributed by atoms with Gasteiger partial charge in [-0.1, -0.05) is 29.3 Å². The van der Waals surface area contributed by atoms with Gasteiger partial charge in [0, 0.05) is 10.7 Å². The van der Waals surface area contributed by atoms with E-state index in [0.29, 0.717) is 26.7 Å². The Bertz CT molecular complexity index is 617. The van der Waals surface area contributed by atoms with Gasteiger partial charge in [0.2, 0.25) is 0 Å². The molecule has 0 fully saturated rings. The van der Waals surface area contributed by atoms with E-state index < -0.39 is 0 Å². The first-order valence-corrected chi connectivity index (χ1v) is 6.68. The second-order valence-electron chi connectivity index (χ2n) is 3.87. The van der Waals surface area contributed by atoms with E-state index in [0.717, 1.165) is 5.69 Å². The highest BCUT2D eigenvalue weighted by Gasteiger charge is 2.04. The topological polar surface area (TPSA) is 37.0 Å². The molecular weight excluding hydrogens is 301 g/mol. The van der Waals surface area contributed by atoms with Crippen LogP contribution in [0.15, 0.2) is 36.4 Å². The fourth-order valence-electron chi connectivity index (χ4n) is 1.47. The predicted octanol–water partition coefficient (Wildman–Crippen LogP) is 4.51. The van der Waals surface area contributed by atoms with Crippen LogP contribution < -0.4 is 10.6 Å². The Morgan fingerprint density at radius 2 is 1.95 bits per heavy atom. The quantitative estimate of drug-likeness (QED) is 0.800. The number of anilines is 2. The van der Waals surface area contributed by atoms with Crippen molar-refractivity contribution in [3.63, 3.8) is 0 Å². The van der Waals surface area contributed by atoms with Crippen LogP contribution >= 0.6 is 35.4 Å². The maximum atomic E-state index is 6.05. The molecule has 0 saturated heterocycles. The van der Waals surface area contributed by atoms with Gasteiger partial charge in [0.1, 0.15) is 5.82 Å². The number of hydrogen-bond acceptors (Lipinski definition) is 2. The van der Waals surface area contributed by atoms with Crippen LogP contribution in [-0.2, 0) is 0 Å². The van der Waals surface area contributed by atoms with Gasteiger partial charge in [-0.15, -0.1) is 0 Å². The molecule has 2 rings (SSSR count). The molecule has 0 aliphatic carbocycles. The third kappa shape index (κ3) is 4.06. The third-order valence-corrected chi connectivity index (χ3v) is 3.06. The van der Waals surface area contributed by atoms with E-state index in [1.54, 1.807) is 18.2 Å². The predicted molar refractivity (Wildman–Crippen MR) is 85.3 cm³/mol. The molecule has 6 heteroatoms.